The Bertz CT molecular complexity index is 983. The molecule has 4 N–H and O–H groups in total. The average Bonchev–Trinajstić information content (AvgIpc) is 3.22. The van der Waals surface area contributed by atoms with E-state index in [1.54, 1.807) is 0 Å². The van der Waals surface area contributed by atoms with Gasteiger partial charge < -0.3 is 39.4 Å². The van der Waals surface area contributed by atoms with Gasteiger partial charge in [-0.25, -0.2) is 0 Å². The van der Waals surface area contributed by atoms with Crippen molar-refractivity contribution in [3.05, 3.63) is 36.5 Å². The van der Waals surface area contributed by atoms with Crippen LogP contribution in [0.3, 0.4) is 0 Å². The van der Waals surface area contributed by atoms with Crippen LogP contribution < -0.4 is 0 Å². The van der Waals surface area contributed by atoms with Crippen LogP contribution in [-0.4, -0.2) is 89.6 Å². The minimum atomic E-state index is -1.54. The zero-order valence-electron chi connectivity index (χ0n) is 37.3. The molecular formula is C49H90O9. The number of ether oxygens (including phenoxy) is 4. The van der Waals surface area contributed by atoms with Crippen LogP contribution in [-0.2, 0) is 23.7 Å². The fourth-order valence-corrected chi connectivity index (χ4v) is 7.22. The molecule has 9 heteroatoms. The number of hydrogen-bond acceptors (Lipinski definition) is 9. The summed E-state index contributed by atoms with van der Waals surface area (Å²) in [7, 11) is 0. The lowest BCUT2D eigenvalue weighted by Gasteiger charge is -2.39. The van der Waals surface area contributed by atoms with Gasteiger partial charge in [-0.3, -0.25) is 4.79 Å². The molecule has 0 aromatic carbocycles. The number of rotatable bonds is 41. The zero-order valence-corrected chi connectivity index (χ0v) is 37.3. The third-order valence-corrected chi connectivity index (χ3v) is 11.0. The van der Waals surface area contributed by atoms with Crippen LogP contribution in [0.4, 0.5) is 0 Å². The van der Waals surface area contributed by atoms with E-state index < -0.39 is 43.4 Å². The minimum Gasteiger partial charge on any atom is -0.457 e. The maximum atomic E-state index is 12.8. The van der Waals surface area contributed by atoms with Gasteiger partial charge in [-0.2, -0.15) is 0 Å². The second kappa shape index (κ2) is 40.8. The lowest BCUT2D eigenvalue weighted by molar-refractivity contribution is -0.305. The maximum Gasteiger partial charge on any atom is 0.306 e. The molecule has 1 aliphatic heterocycles. The van der Waals surface area contributed by atoms with Crippen molar-refractivity contribution in [1.29, 1.82) is 0 Å². The summed E-state index contributed by atoms with van der Waals surface area (Å²) >= 11 is 0. The Kier molecular flexibility index (Phi) is 38.3. The molecular weight excluding hydrogens is 733 g/mol. The Balaban J connectivity index is 2.21. The molecule has 0 bridgehead atoms. The molecule has 0 aromatic rings. The molecule has 0 aromatic heterocycles. The number of aliphatic hydroxyl groups excluding tert-OH is 4. The van der Waals surface area contributed by atoms with Crippen molar-refractivity contribution in [2.24, 2.45) is 0 Å². The summed E-state index contributed by atoms with van der Waals surface area (Å²) in [6.45, 7) is 4.53. The first-order valence-corrected chi connectivity index (χ1v) is 24.1. The van der Waals surface area contributed by atoms with Crippen LogP contribution in [0.2, 0.25) is 0 Å². The molecule has 9 nitrogen and oxygen atoms in total. The fraction of sp³-hybridized carbons (Fsp3) is 0.857. The first-order chi connectivity index (χ1) is 28.4. The van der Waals surface area contributed by atoms with E-state index in [0.717, 1.165) is 51.4 Å². The molecule has 1 fully saturated rings. The topological polar surface area (TPSA) is 135 Å². The molecule has 1 aliphatic rings. The molecule has 1 saturated heterocycles. The molecule has 0 amide bonds. The SMILES string of the molecule is CCCCCC/C=C\CCCCCCCC(=O)OC(COCCCCCCCCCCCC/C=C\C/C=C\CCCCCCC)COC1OC(CO)C(O)C(O)C1O. The highest BCUT2D eigenvalue weighted by molar-refractivity contribution is 5.69. The van der Waals surface area contributed by atoms with Crippen molar-refractivity contribution in [2.45, 2.75) is 243 Å². The molecule has 58 heavy (non-hydrogen) atoms. The van der Waals surface area contributed by atoms with E-state index >= 15 is 0 Å². The number of allylic oxidation sites excluding steroid dienone is 6. The number of carbonyl (C=O) groups is 1. The summed E-state index contributed by atoms with van der Waals surface area (Å²) < 4.78 is 22.8. The van der Waals surface area contributed by atoms with E-state index in [4.69, 9.17) is 18.9 Å². The van der Waals surface area contributed by atoms with Gasteiger partial charge in [-0.1, -0.05) is 166 Å². The number of hydrogen-bond donors (Lipinski definition) is 4. The Morgan fingerprint density at radius 3 is 1.52 bits per heavy atom. The maximum absolute atomic E-state index is 12.8. The first kappa shape index (κ1) is 54.4. The van der Waals surface area contributed by atoms with Gasteiger partial charge in [0.1, 0.15) is 30.5 Å². The molecule has 6 atom stereocenters. The molecule has 340 valence electrons. The van der Waals surface area contributed by atoms with Gasteiger partial charge in [0.25, 0.3) is 0 Å². The second-order valence-corrected chi connectivity index (χ2v) is 16.6. The quantitative estimate of drug-likeness (QED) is 0.0270. The summed E-state index contributed by atoms with van der Waals surface area (Å²) in [5.74, 6) is -0.323. The van der Waals surface area contributed by atoms with Crippen molar-refractivity contribution in [3.63, 3.8) is 0 Å². The average molecular weight is 823 g/mol. The van der Waals surface area contributed by atoms with E-state index in [-0.39, 0.29) is 19.2 Å². The Hall–Kier alpha value is -1.59. The third kappa shape index (κ3) is 31.3. The van der Waals surface area contributed by atoms with E-state index in [1.165, 1.54) is 135 Å². The smallest absolute Gasteiger partial charge is 0.306 e. The van der Waals surface area contributed by atoms with Gasteiger partial charge in [-0.05, 0) is 70.6 Å². The Morgan fingerprint density at radius 2 is 1.00 bits per heavy atom. The third-order valence-electron chi connectivity index (χ3n) is 11.0. The standard InChI is InChI=1S/C49H90O9/c1-3-5-7-9-11-13-15-17-18-19-20-21-22-23-24-25-27-29-31-33-35-37-39-55-41-43(42-56-49-48(54)47(53)46(52)44(40-50)58-49)57-45(51)38-36-34-32-30-28-26-16-14-12-10-8-6-4-2/h14-17,19-20,43-44,46-50,52-54H,3-13,18,21-42H2,1-2H3/b16-14-,17-15-,20-19-. The monoisotopic (exact) mass is 823 g/mol. The van der Waals surface area contributed by atoms with Gasteiger partial charge in [0.15, 0.2) is 6.29 Å². The summed E-state index contributed by atoms with van der Waals surface area (Å²) in [4.78, 5) is 12.8. The molecule has 1 heterocycles. The molecule has 0 saturated carbocycles. The van der Waals surface area contributed by atoms with Crippen LogP contribution in [0.25, 0.3) is 0 Å². The summed E-state index contributed by atoms with van der Waals surface area (Å²) in [6.07, 6.45) is 41.7. The Morgan fingerprint density at radius 1 is 0.552 bits per heavy atom. The van der Waals surface area contributed by atoms with Crippen LogP contribution in [0.15, 0.2) is 36.5 Å². The van der Waals surface area contributed by atoms with Crippen LogP contribution in [0.1, 0.15) is 206 Å². The van der Waals surface area contributed by atoms with E-state index in [1.807, 2.05) is 0 Å². The van der Waals surface area contributed by atoms with Crippen molar-refractivity contribution in [3.8, 4) is 0 Å². The van der Waals surface area contributed by atoms with Gasteiger partial charge in [0.05, 0.1) is 19.8 Å². The van der Waals surface area contributed by atoms with Gasteiger partial charge in [0.2, 0.25) is 0 Å². The van der Waals surface area contributed by atoms with Crippen LogP contribution in [0.5, 0.6) is 0 Å². The van der Waals surface area contributed by atoms with E-state index in [0.29, 0.717) is 13.0 Å². The number of unbranched alkanes of at least 4 members (excludes halogenated alkanes) is 24. The molecule has 0 aliphatic carbocycles. The van der Waals surface area contributed by atoms with Gasteiger partial charge in [0, 0.05) is 13.0 Å². The van der Waals surface area contributed by atoms with E-state index in [9.17, 15) is 25.2 Å². The molecule has 0 spiro atoms. The first-order valence-electron chi connectivity index (χ1n) is 24.1. The fourth-order valence-electron chi connectivity index (χ4n) is 7.22. The molecule has 0 radical (unpaired) electrons. The van der Waals surface area contributed by atoms with Crippen molar-refractivity contribution in [2.75, 3.05) is 26.4 Å². The normalized spacial score (nSPS) is 20.6. The highest BCUT2D eigenvalue weighted by Crippen LogP contribution is 2.22. The van der Waals surface area contributed by atoms with Gasteiger partial charge in [-0.15, -0.1) is 0 Å². The predicted molar refractivity (Wildman–Crippen MR) is 238 cm³/mol. The number of carbonyl (C=O) groups excluding carboxylic acids is 1. The predicted octanol–water partition coefficient (Wildman–Crippen LogP) is 11.1. The summed E-state index contributed by atoms with van der Waals surface area (Å²) in [6, 6.07) is 0. The lowest BCUT2D eigenvalue weighted by Crippen LogP contribution is -2.59. The Labute approximate surface area is 355 Å². The van der Waals surface area contributed by atoms with Crippen LogP contribution in [0, 0.1) is 0 Å². The lowest BCUT2D eigenvalue weighted by atomic mass is 9.99. The van der Waals surface area contributed by atoms with E-state index in [2.05, 4.69) is 50.3 Å². The summed E-state index contributed by atoms with van der Waals surface area (Å²) in [5, 5.41) is 40.1. The molecule has 1 rings (SSSR count). The molecule has 6 unspecified atom stereocenters. The van der Waals surface area contributed by atoms with Gasteiger partial charge >= 0.3 is 5.97 Å². The number of aliphatic hydroxyl groups is 4. The highest BCUT2D eigenvalue weighted by Gasteiger charge is 2.44. The largest absolute Gasteiger partial charge is 0.457 e. The van der Waals surface area contributed by atoms with Crippen molar-refractivity contribution < 1.29 is 44.2 Å². The minimum absolute atomic E-state index is 0.117. The summed E-state index contributed by atoms with van der Waals surface area (Å²) in [5.41, 5.74) is 0. The second-order valence-electron chi connectivity index (χ2n) is 16.6. The zero-order chi connectivity index (χ0) is 42.2. The number of esters is 1. The van der Waals surface area contributed by atoms with Crippen LogP contribution >= 0.6 is 0 Å². The highest BCUT2D eigenvalue weighted by atomic mass is 16.7. The van der Waals surface area contributed by atoms with Crippen molar-refractivity contribution >= 4 is 5.97 Å². The van der Waals surface area contributed by atoms with Crippen molar-refractivity contribution in [1.82, 2.24) is 0 Å².